The van der Waals surface area contributed by atoms with Gasteiger partial charge in [0.15, 0.2) is 0 Å². The van der Waals surface area contributed by atoms with Crippen molar-refractivity contribution in [3.05, 3.63) is 0 Å². The number of rotatable bonds is 1. The van der Waals surface area contributed by atoms with Gasteiger partial charge in [-0.25, -0.2) is 5.32 Å². The van der Waals surface area contributed by atoms with Gasteiger partial charge in [0.25, 0.3) is 0 Å². The van der Waals surface area contributed by atoms with E-state index in [1.54, 1.807) is 7.05 Å². The van der Waals surface area contributed by atoms with Crippen LogP contribution < -0.4 is 10.6 Å². The summed E-state index contributed by atoms with van der Waals surface area (Å²) in [5.74, 6) is 0.0634. The summed E-state index contributed by atoms with van der Waals surface area (Å²) in [4.78, 5) is 13.4. The van der Waals surface area contributed by atoms with E-state index in [1.807, 2.05) is 14.0 Å². The maximum Gasteiger partial charge on any atom is 0.238 e. The molecule has 0 bridgehead atoms. The molecule has 2 atom stereocenters. The molecule has 0 aromatic heterocycles. The van der Waals surface area contributed by atoms with Gasteiger partial charge in [0.2, 0.25) is 5.91 Å². The fraction of sp³-hybridized carbons (Fsp3) is 0.875. The summed E-state index contributed by atoms with van der Waals surface area (Å²) in [6, 6.07) is 0.0347. The number of piperazine rings is 1. The molecule has 1 N–H and O–H groups in total. The minimum absolute atomic E-state index is 0.0634. The molecule has 0 aromatic carbocycles. The fourth-order valence-electron chi connectivity index (χ4n) is 1.59. The molecule has 0 aromatic rings. The van der Waals surface area contributed by atoms with Crippen molar-refractivity contribution in [2.45, 2.75) is 19.0 Å². The second-order valence-electron chi connectivity index (χ2n) is 3.19. The summed E-state index contributed by atoms with van der Waals surface area (Å²) >= 11 is 0. The molecule has 4 nitrogen and oxygen atoms in total. The highest BCUT2D eigenvalue weighted by Gasteiger charge is 2.31. The van der Waals surface area contributed by atoms with Crippen molar-refractivity contribution in [1.82, 2.24) is 15.5 Å². The Morgan fingerprint density at radius 1 is 1.67 bits per heavy atom. The van der Waals surface area contributed by atoms with Gasteiger partial charge < -0.3 is 5.32 Å². The smallest absolute Gasteiger partial charge is 0.238 e. The Morgan fingerprint density at radius 2 is 2.33 bits per heavy atom. The van der Waals surface area contributed by atoms with Crippen LogP contribution in [0.2, 0.25) is 0 Å². The molecule has 1 radical (unpaired) electrons. The van der Waals surface area contributed by atoms with Crippen molar-refractivity contribution in [3.8, 4) is 0 Å². The molecule has 1 fully saturated rings. The fourth-order valence-corrected chi connectivity index (χ4v) is 1.59. The highest BCUT2D eigenvalue weighted by atomic mass is 16.2. The average Bonchev–Trinajstić information content (AvgIpc) is 2.03. The van der Waals surface area contributed by atoms with Gasteiger partial charge in [0.05, 0.1) is 0 Å². The normalized spacial score (nSPS) is 31.6. The van der Waals surface area contributed by atoms with Crippen LogP contribution in [0.5, 0.6) is 0 Å². The van der Waals surface area contributed by atoms with Gasteiger partial charge in [-0.05, 0) is 14.0 Å². The first-order valence-electron chi connectivity index (χ1n) is 4.25. The van der Waals surface area contributed by atoms with Crippen LogP contribution in [0.1, 0.15) is 6.92 Å². The van der Waals surface area contributed by atoms with Crippen molar-refractivity contribution in [1.29, 1.82) is 0 Å². The summed E-state index contributed by atoms with van der Waals surface area (Å²) in [6.45, 7) is 3.70. The van der Waals surface area contributed by atoms with E-state index < -0.39 is 0 Å². The lowest BCUT2D eigenvalue weighted by Crippen LogP contribution is -2.58. The minimum Gasteiger partial charge on any atom is -0.358 e. The van der Waals surface area contributed by atoms with Crippen molar-refractivity contribution < 1.29 is 4.79 Å². The third kappa shape index (κ3) is 1.76. The van der Waals surface area contributed by atoms with E-state index >= 15 is 0 Å². The third-order valence-electron chi connectivity index (χ3n) is 2.32. The molecule has 0 saturated carbocycles. The molecule has 4 heteroatoms. The molecule has 2 unspecified atom stereocenters. The van der Waals surface area contributed by atoms with Crippen molar-refractivity contribution in [2.24, 2.45) is 0 Å². The topological polar surface area (TPSA) is 46.4 Å². The van der Waals surface area contributed by atoms with E-state index in [0.717, 1.165) is 13.1 Å². The van der Waals surface area contributed by atoms with Crippen LogP contribution in [-0.2, 0) is 4.79 Å². The molecule has 1 saturated heterocycles. The van der Waals surface area contributed by atoms with Crippen molar-refractivity contribution >= 4 is 5.91 Å². The summed E-state index contributed by atoms with van der Waals surface area (Å²) in [5.41, 5.74) is 0. The third-order valence-corrected chi connectivity index (χ3v) is 2.32. The van der Waals surface area contributed by atoms with Crippen molar-refractivity contribution in [2.75, 3.05) is 27.2 Å². The first-order valence-corrected chi connectivity index (χ1v) is 4.25. The summed E-state index contributed by atoms with van der Waals surface area (Å²) in [5, 5.41) is 6.98. The molecule has 1 amide bonds. The first kappa shape index (κ1) is 9.48. The van der Waals surface area contributed by atoms with Gasteiger partial charge in [0, 0.05) is 26.2 Å². The maximum absolute atomic E-state index is 11.4. The highest BCUT2D eigenvalue weighted by molar-refractivity contribution is 5.82. The maximum atomic E-state index is 11.4. The lowest BCUT2D eigenvalue weighted by atomic mass is 10.1. The number of amides is 1. The van der Waals surface area contributed by atoms with Gasteiger partial charge in [-0.3, -0.25) is 9.69 Å². The average molecular weight is 170 g/mol. The second kappa shape index (κ2) is 3.87. The lowest BCUT2D eigenvalue weighted by Gasteiger charge is -2.35. The molecule has 69 valence electrons. The van der Waals surface area contributed by atoms with Gasteiger partial charge in [0.1, 0.15) is 6.04 Å². The van der Waals surface area contributed by atoms with E-state index in [1.165, 1.54) is 0 Å². The quantitative estimate of drug-likeness (QED) is 0.551. The first-order chi connectivity index (χ1) is 5.66. The van der Waals surface area contributed by atoms with Gasteiger partial charge in [-0.15, -0.1) is 0 Å². The van der Waals surface area contributed by atoms with Gasteiger partial charge in [-0.1, -0.05) is 0 Å². The minimum atomic E-state index is -0.0799. The van der Waals surface area contributed by atoms with Crippen LogP contribution in [0.25, 0.3) is 0 Å². The number of hydrogen-bond acceptors (Lipinski definition) is 2. The van der Waals surface area contributed by atoms with Crippen LogP contribution in [0.4, 0.5) is 0 Å². The molecule has 1 rings (SSSR count). The van der Waals surface area contributed by atoms with Crippen molar-refractivity contribution in [3.63, 3.8) is 0 Å². The number of likely N-dealkylation sites (N-methyl/N-ethyl adjacent to an activating group) is 2. The zero-order chi connectivity index (χ0) is 9.14. The largest absolute Gasteiger partial charge is 0.358 e. The molecule has 0 spiro atoms. The van der Waals surface area contributed by atoms with Gasteiger partial charge >= 0.3 is 0 Å². The number of hydrogen-bond donors (Lipinski definition) is 1. The van der Waals surface area contributed by atoms with E-state index in [9.17, 15) is 4.79 Å². The number of carbonyl (C=O) groups is 1. The zero-order valence-corrected chi connectivity index (χ0v) is 7.87. The molecular weight excluding hydrogens is 154 g/mol. The SMILES string of the molecule is CNC(=O)C1C(C)[N]CCN1C. The van der Waals surface area contributed by atoms with Crippen LogP contribution in [-0.4, -0.2) is 50.1 Å². The van der Waals surface area contributed by atoms with Crippen LogP contribution in [0.3, 0.4) is 0 Å². The van der Waals surface area contributed by atoms with Crippen LogP contribution >= 0.6 is 0 Å². The molecule has 0 aliphatic carbocycles. The summed E-state index contributed by atoms with van der Waals surface area (Å²) in [6.07, 6.45) is 0. The Balaban J connectivity index is 2.62. The molecule has 1 heterocycles. The predicted molar refractivity (Wildman–Crippen MR) is 46.9 cm³/mol. The van der Waals surface area contributed by atoms with Crippen LogP contribution in [0, 0.1) is 0 Å². The number of carbonyl (C=O) groups excluding carboxylic acids is 1. The predicted octanol–water partition coefficient (Wildman–Crippen LogP) is -0.961. The Hall–Kier alpha value is -0.610. The standard InChI is InChI=1S/C8H16N3O/c1-6-7(8(12)9-2)11(3)5-4-10-6/h6-7H,4-5H2,1-3H3,(H,9,12). The van der Waals surface area contributed by atoms with E-state index in [-0.39, 0.29) is 18.0 Å². The monoisotopic (exact) mass is 170 g/mol. The lowest BCUT2D eigenvalue weighted by molar-refractivity contribution is -0.127. The van der Waals surface area contributed by atoms with Crippen LogP contribution in [0.15, 0.2) is 0 Å². The van der Waals surface area contributed by atoms with E-state index in [0.29, 0.717) is 0 Å². The van der Waals surface area contributed by atoms with Gasteiger partial charge in [-0.2, -0.15) is 0 Å². The number of nitrogens with zero attached hydrogens (tertiary/aromatic N) is 2. The Labute approximate surface area is 73.3 Å². The number of nitrogens with one attached hydrogen (secondary N) is 1. The zero-order valence-electron chi connectivity index (χ0n) is 7.87. The van der Waals surface area contributed by atoms with E-state index in [2.05, 4.69) is 15.5 Å². The Morgan fingerprint density at radius 3 is 2.83 bits per heavy atom. The molecular formula is C8H16N3O. The summed E-state index contributed by atoms with van der Waals surface area (Å²) in [7, 11) is 3.63. The second-order valence-corrected chi connectivity index (χ2v) is 3.19. The molecule has 1 aliphatic heterocycles. The Kier molecular flexibility index (Phi) is 3.05. The Bertz CT molecular complexity index is 162. The van der Waals surface area contributed by atoms with E-state index in [4.69, 9.17) is 0 Å². The molecule has 12 heavy (non-hydrogen) atoms. The molecule has 1 aliphatic rings. The summed E-state index contributed by atoms with van der Waals surface area (Å²) < 4.78 is 0. The highest BCUT2D eigenvalue weighted by Crippen LogP contribution is 2.07.